The van der Waals surface area contributed by atoms with Crippen LogP contribution in [-0.4, -0.2) is 11.7 Å². The average Bonchev–Trinajstić information content (AvgIpc) is 2.74. The zero-order valence-corrected chi connectivity index (χ0v) is 7.91. The molecule has 0 fully saturated rings. The highest BCUT2D eigenvalue weighted by Gasteiger charge is 2.22. The first-order chi connectivity index (χ1) is 7.20. The maximum atomic E-state index is 13.3. The van der Waals surface area contributed by atoms with Crippen molar-refractivity contribution in [3.8, 4) is 0 Å². The first-order valence-electron chi connectivity index (χ1n) is 4.65. The summed E-state index contributed by atoms with van der Waals surface area (Å²) in [5.41, 5.74) is -0.0943. The summed E-state index contributed by atoms with van der Waals surface area (Å²) in [5, 5.41) is 9.73. The Morgan fingerprint density at radius 3 is 2.80 bits per heavy atom. The molecular weight excluding hydrogens is 202 g/mol. The highest BCUT2D eigenvalue weighted by atomic mass is 19.2. The van der Waals surface area contributed by atoms with E-state index in [-0.39, 0.29) is 5.56 Å². The molecule has 2 nitrogen and oxygen atoms in total. The van der Waals surface area contributed by atoms with Crippen molar-refractivity contribution in [1.82, 2.24) is 0 Å². The maximum absolute atomic E-state index is 13.3. The lowest BCUT2D eigenvalue weighted by Gasteiger charge is -2.13. The minimum atomic E-state index is -1.22. The predicted octanol–water partition coefficient (Wildman–Crippen LogP) is 2.30. The summed E-state index contributed by atoms with van der Waals surface area (Å²) in [6, 6.07) is 3.70. The summed E-state index contributed by atoms with van der Waals surface area (Å²) in [4.78, 5) is 0. The molecule has 0 saturated heterocycles. The molecule has 1 aromatic rings. The zero-order chi connectivity index (χ0) is 10.8. The van der Waals surface area contributed by atoms with Crippen molar-refractivity contribution >= 4 is 0 Å². The molecule has 1 atom stereocenters. The van der Waals surface area contributed by atoms with E-state index in [1.807, 2.05) is 0 Å². The minimum absolute atomic E-state index is 0.0943. The van der Waals surface area contributed by atoms with Crippen LogP contribution in [0.25, 0.3) is 0 Å². The van der Waals surface area contributed by atoms with Gasteiger partial charge in [-0.1, -0.05) is 12.1 Å². The third-order valence-electron chi connectivity index (χ3n) is 2.28. The lowest BCUT2D eigenvalue weighted by atomic mass is 10.1. The van der Waals surface area contributed by atoms with Gasteiger partial charge in [-0.2, -0.15) is 0 Å². The van der Waals surface area contributed by atoms with Crippen LogP contribution >= 0.6 is 0 Å². The molecule has 80 valence electrons. The third-order valence-corrected chi connectivity index (χ3v) is 2.28. The SMILES string of the molecule is OC(C1=CCCO1)c1cccc(F)c1F. The molecule has 1 aliphatic heterocycles. The summed E-state index contributed by atoms with van der Waals surface area (Å²) >= 11 is 0. The standard InChI is InChI=1S/C11H10F2O2/c12-8-4-1-3-7(10(8)13)11(14)9-5-2-6-15-9/h1,3-5,11,14H,2,6H2. The van der Waals surface area contributed by atoms with E-state index in [9.17, 15) is 13.9 Å². The monoisotopic (exact) mass is 212 g/mol. The molecule has 0 radical (unpaired) electrons. The van der Waals surface area contributed by atoms with Gasteiger partial charge in [-0.3, -0.25) is 0 Å². The number of halogens is 2. The molecule has 2 rings (SSSR count). The van der Waals surface area contributed by atoms with Crippen molar-refractivity contribution in [2.75, 3.05) is 6.61 Å². The van der Waals surface area contributed by atoms with Crippen LogP contribution in [0, 0.1) is 11.6 Å². The molecule has 0 bridgehead atoms. The Morgan fingerprint density at radius 1 is 1.33 bits per heavy atom. The summed E-state index contributed by atoms with van der Waals surface area (Å²) in [6.45, 7) is 0.476. The molecule has 15 heavy (non-hydrogen) atoms. The Balaban J connectivity index is 2.32. The van der Waals surface area contributed by atoms with E-state index in [0.29, 0.717) is 18.8 Å². The van der Waals surface area contributed by atoms with Crippen molar-refractivity contribution in [3.63, 3.8) is 0 Å². The molecule has 1 aromatic carbocycles. The molecule has 0 saturated carbocycles. The van der Waals surface area contributed by atoms with Crippen LogP contribution in [0.1, 0.15) is 18.1 Å². The highest BCUT2D eigenvalue weighted by molar-refractivity contribution is 5.27. The van der Waals surface area contributed by atoms with E-state index in [2.05, 4.69) is 0 Å². The van der Waals surface area contributed by atoms with E-state index < -0.39 is 17.7 Å². The second-order valence-electron chi connectivity index (χ2n) is 3.29. The van der Waals surface area contributed by atoms with E-state index in [1.54, 1.807) is 6.08 Å². The summed E-state index contributed by atoms with van der Waals surface area (Å²) in [6.07, 6.45) is 1.14. The van der Waals surface area contributed by atoms with Gasteiger partial charge >= 0.3 is 0 Å². The Morgan fingerprint density at radius 2 is 2.13 bits per heavy atom. The molecule has 1 N–H and O–H groups in total. The largest absolute Gasteiger partial charge is 0.495 e. The fraction of sp³-hybridized carbons (Fsp3) is 0.273. The fourth-order valence-corrected chi connectivity index (χ4v) is 1.51. The van der Waals surface area contributed by atoms with Crippen molar-refractivity contribution in [2.45, 2.75) is 12.5 Å². The highest BCUT2D eigenvalue weighted by Crippen LogP contribution is 2.28. The van der Waals surface area contributed by atoms with Gasteiger partial charge in [-0.15, -0.1) is 0 Å². The Hall–Kier alpha value is -1.42. The first-order valence-corrected chi connectivity index (χ1v) is 4.65. The molecule has 1 unspecified atom stereocenters. The second-order valence-corrected chi connectivity index (χ2v) is 3.29. The number of hydrogen-bond donors (Lipinski definition) is 1. The van der Waals surface area contributed by atoms with E-state index >= 15 is 0 Å². The van der Waals surface area contributed by atoms with Gasteiger partial charge < -0.3 is 9.84 Å². The quantitative estimate of drug-likeness (QED) is 0.815. The van der Waals surface area contributed by atoms with Crippen LogP contribution < -0.4 is 0 Å². The molecule has 0 aliphatic carbocycles. The fourth-order valence-electron chi connectivity index (χ4n) is 1.51. The van der Waals surface area contributed by atoms with Crippen LogP contribution in [-0.2, 0) is 4.74 Å². The first kappa shape index (κ1) is 10.1. The Bertz CT molecular complexity index is 402. The van der Waals surface area contributed by atoms with Crippen LogP contribution in [0.5, 0.6) is 0 Å². The number of hydrogen-bond acceptors (Lipinski definition) is 2. The van der Waals surface area contributed by atoms with E-state index in [1.165, 1.54) is 12.1 Å². The van der Waals surface area contributed by atoms with Gasteiger partial charge in [-0.05, 0) is 12.1 Å². The van der Waals surface area contributed by atoms with Gasteiger partial charge in [-0.25, -0.2) is 8.78 Å². The van der Waals surface area contributed by atoms with Gasteiger partial charge in [0.05, 0.1) is 6.61 Å². The van der Waals surface area contributed by atoms with Gasteiger partial charge in [0.15, 0.2) is 11.6 Å². The molecule has 1 heterocycles. The average molecular weight is 212 g/mol. The van der Waals surface area contributed by atoms with Crippen LogP contribution in [0.15, 0.2) is 30.0 Å². The van der Waals surface area contributed by atoms with E-state index in [4.69, 9.17) is 4.74 Å². The number of aliphatic hydroxyl groups excluding tert-OH is 1. The lowest BCUT2D eigenvalue weighted by Crippen LogP contribution is -2.06. The molecule has 0 aromatic heterocycles. The summed E-state index contributed by atoms with van der Waals surface area (Å²) < 4.78 is 31.3. The minimum Gasteiger partial charge on any atom is -0.495 e. The van der Waals surface area contributed by atoms with Crippen LogP contribution in [0.3, 0.4) is 0 Å². The molecule has 0 spiro atoms. The maximum Gasteiger partial charge on any atom is 0.165 e. The smallest absolute Gasteiger partial charge is 0.165 e. The summed E-state index contributed by atoms with van der Waals surface area (Å²) in [5.74, 6) is -1.70. The predicted molar refractivity (Wildman–Crippen MR) is 50.0 cm³/mol. The number of aliphatic hydroxyl groups is 1. The van der Waals surface area contributed by atoms with Gasteiger partial charge in [0, 0.05) is 12.0 Å². The van der Waals surface area contributed by atoms with Crippen LogP contribution in [0.2, 0.25) is 0 Å². The number of ether oxygens (including phenoxy) is 1. The number of benzene rings is 1. The number of rotatable bonds is 2. The zero-order valence-electron chi connectivity index (χ0n) is 7.91. The Labute approximate surface area is 85.8 Å². The topological polar surface area (TPSA) is 29.5 Å². The van der Waals surface area contributed by atoms with Crippen molar-refractivity contribution in [2.24, 2.45) is 0 Å². The summed E-state index contributed by atoms with van der Waals surface area (Å²) in [7, 11) is 0. The van der Waals surface area contributed by atoms with Gasteiger partial charge in [0.25, 0.3) is 0 Å². The van der Waals surface area contributed by atoms with Crippen molar-refractivity contribution in [3.05, 3.63) is 47.2 Å². The second kappa shape index (κ2) is 3.98. The molecular formula is C11H10F2O2. The van der Waals surface area contributed by atoms with Crippen LogP contribution in [0.4, 0.5) is 8.78 Å². The Kier molecular flexibility index (Phi) is 2.68. The lowest BCUT2D eigenvalue weighted by molar-refractivity contribution is 0.115. The van der Waals surface area contributed by atoms with Gasteiger partial charge in [0.2, 0.25) is 0 Å². The van der Waals surface area contributed by atoms with E-state index in [0.717, 1.165) is 6.07 Å². The third kappa shape index (κ3) is 1.85. The van der Waals surface area contributed by atoms with Crippen molar-refractivity contribution in [1.29, 1.82) is 0 Å². The van der Waals surface area contributed by atoms with Gasteiger partial charge in [0.1, 0.15) is 11.9 Å². The normalized spacial score (nSPS) is 17.1. The molecule has 1 aliphatic rings. The van der Waals surface area contributed by atoms with Crippen molar-refractivity contribution < 1.29 is 18.6 Å². The molecule has 4 heteroatoms. The molecule has 0 amide bonds.